The topological polar surface area (TPSA) is 50.7 Å². The van der Waals surface area contributed by atoms with Crippen LogP contribution in [0, 0.1) is 0 Å². The molecular formula is C13H10F2N2O2S. The van der Waals surface area contributed by atoms with Crippen molar-refractivity contribution in [3.05, 3.63) is 52.2 Å². The molecule has 0 saturated carbocycles. The average molecular weight is 296 g/mol. The highest BCUT2D eigenvalue weighted by Crippen LogP contribution is 2.18. The summed E-state index contributed by atoms with van der Waals surface area (Å²) in [5.41, 5.74) is 2.66. The Hall–Kier alpha value is -2.28. The van der Waals surface area contributed by atoms with Gasteiger partial charge in [0.05, 0.1) is 11.1 Å². The molecule has 1 heterocycles. The Morgan fingerprint density at radius 2 is 2.10 bits per heavy atom. The zero-order valence-corrected chi connectivity index (χ0v) is 10.9. The van der Waals surface area contributed by atoms with Gasteiger partial charge in [0, 0.05) is 5.56 Å². The molecule has 0 atom stereocenters. The molecular weight excluding hydrogens is 286 g/mol. The smallest absolute Gasteiger partial charge is 0.387 e. The second-order valence-electron chi connectivity index (χ2n) is 3.59. The van der Waals surface area contributed by atoms with E-state index in [1.165, 1.54) is 23.6 Å². The third-order valence-corrected chi connectivity index (χ3v) is 3.12. The van der Waals surface area contributed by atoms with Gasteiger partial charge in [0.15, 0.2) is 0 Å². The lowest BCUT2D eigenvalue weighted by Crippen LogP contribution is -2.16. The van der Waals surface area contributed by atoms with Crippen molar-refractivity contribution in [3.63, 3.8) is 0 Å². The number of nitrogens with zero attached hydrogens (tertiary/aromatic N) is 1. The van der Waals surface area contributed by atoms with Crippen molar-refractivity contribution >= 4 is 23.5 Å². The molecule has 1 aromatic carbocycles. The van der Waals surface area contributed by atoms with Crippen molar-refractivity contribution in [2.45, 2.75) is 6.61 Å². The van der Waals surface area contributed by atoms with E-state index in [4.69, 9.17) is 0 Å². The molecule has 0 spiro atoms. The van der Waals surface area contributed by atoms with Crippen molar-refractivity contribution in [3.8, 4) is 5.75 Å². The zero-order valence-electron chi connectivity index (χ0n) is 10.1. The first kappa shape index (κ1) is 14.1. The first-order chi connectivity index (χ1) is 9.66. The Kier molecular flexibility index (Phi) is 4.78. The predicted octanol–water partition coefficient (Wildman–Crippen LogP) is 3.11. The Morgan fingerprint density at radius 3 is 2.80 bits per heavy atom. The molecule has 2 aromatic rings. The van der Waals surface area contributed by atoms with Crippen LogP contribution in [0.25, 0.3) is 0 Å². The van der Waals surface area contributed by atoms with Crippen molar-refractivity contribution in [2.75, 3.05) is 0 Å². The lowest BCUT2D eigenvalue weighted by molar-refractivity contribution is -0.0499. The minimum Gasteiger partial charge on any atom is -0.434 e. The van der Waals surface area contributed by atoms with Crippen LogP contribution in [0.5, 0.6) is 5.75 Å². The summed E-state index contributed by atoms with van der Waals surface area (Å²) in [6, 6.07) is 9.58. The molecule has 2 rings (SSSR count). The van der Waals surface area contributed by atoms with Crippen molar-refractivity contribution in [1.82, 2.24) is 5.43 Å². The van der Waals surface area contributed by atoms with E-state index in [-0.39, 0.29) is 11.7 Å². The Bertz CT molecular complexity index is 600. The molecule has 1 aromatic heterocycles. The number of benzene rings is 1. The van der Waals surface area contributed by atoms with E-state index < -0.39 is 6.61 Å². The summed E-state index contributed by atoms with van der Waals surface area (Å²) < 4.78 is 28.7. The van der Waals surface area contributed by atoms with Gasteiger partial charge in [0.1, 0.15) is 5.75 Å². The first-order valence-electron chi connectivity index (χ1n) is 5.57. The number of hydrogen-bond donors (Lipinski definition) is 1. The van der Waals surface area contributed by atoms with E-state index in [1.54, 1.807) is 35.7 Å². The van der Waals surface area contributed by atoms with Crippen LogP contribution in [0.15, 0.2) is 46.9 Å². The maximum atomic E-state index is 12.2. The van der Waals surface area contributed by atoms with Crippen LogP contribution in [-0.2, 0) is 0 Å². The quantitative estimate of drug-likeness (QED) is 0.681. The highest BCUT2D eigenvalue weighted by atomic mass is 32.1. The van der Waals surface area contributed by atoms with Crippen LogP contribution < -0.4 is 10.2 Å². The highest BCUT2D eigenvalue weighted by Gasteiger charge is 2.08. The van der Waals surface area contributed by atoms with E-state index >= 15 is 0 Å². The van der Waals surface area contributed by atoms with E-state index in [1.807, 2.05) is 0 Å². The zero-order chi connectivity index (χ0) is 14.4. The van der Waals surface area contributed by atoms with Gasteiger partial charge in [0.2, 0.25) is 0 Å². The molecule has 0 radical (unpaired) electrons. The number of thiophene rings is 1. The minimum atomic E-state index is -2.91. The summed E-state index contributed by atoms with van der Waals surface area (Å²) in [4.78, 5) is 12.1. The van der Waals surface area contributed by atoms with Crippen LogP contribution in [0.3, 0.4) is 0 Å². The molecule has 0 fully saturated rings. The molecule has 0 aliphatic rings. The molecule has 1 amide bonds. The molecule has 104 valence electrons. The number of carbonyl (C=O) groups is 1. The van der Waals surface area contributed by atoms with Gasteiger partial charge >= 0.3 is 6.61 Å². The van der Waals surface area contributed by atoms with Crippen LogP contribution >= 0.6 is 11.3 Å². The van der Waals surface area contributed by atoms with Crippen LogP contribution in [0.4, 0.5) is 8.78 Å². The summed E-state index contributed by atoms with van der Waals surface area (Å²) in [5.74, 6) is -0.361. The molecule has 0 bridgehead atoms. The molecule has 0 aliphatic heterocycles. The highest BCUT2D eigenvalue weighted by molar-refractivity contribution is 7.12. The maximum absolute atomic E-state index is 12.2. The number of hydrogen-bond acceptors (Lipinski definition) is 4. The summed E-state index contributed by atoms with van der Waals surface area (Å²) >= 11 is 1.28. The number of para-hydroxylation sites is 1. The number of ether oxygens (including phenoxy) is 1. The van der Waals surface area contributed by atoms with Crippen molar-refractivity contribution in [1.29, 1.82) is 0 Å². The summed E-state index contributed by atoms with van der Waals surface area (Å²) in [6.07, 6.45) is 1.25. The van der Waals surface area contributed by atoms with Gasteiger partial charge < -0.3 is 4.74 Å². The Balaban J connectivity index is 2.02. The van der Waals surface area contributed by atoms with Gasteiger partial charge in [-0.3, -0.25) is 4.79 Å². The second-order valence-corrected chi connectivity index (χ2v) is 4.54. The number of rotatable bonds is 5. The number of halogens is 2. The molecule has 1 N–H and O–H groups in total. The van der Waals surface area contributed by atoms with Crippen molar-refractivity contribution < 1.29 is 18.3 Å². The lowest BCUT2D eigenvalue weighted by atomic mass is 10.2. The Morgan fingerprint density at radius 1 is 1.30 bits per heavy atom. The third-order valence-electron chi connectivity index (χ3n) is 2.25. The summed E-state index contributed by atoms with van der Waals surface area (Å²) in [6.45, 7) is -2.91. The molecule has 0 aliphatic carbocycles. The number of nitrogens with one attached hydrogen (secondary N) is 1. The number of hydrazone groups is 1. The van der Waals surface area contributed by atoms with Crippen molar-refractivity contribution in [2.24, 2.45) is 5.10 Å². The number of carbonyl (C=O) groups excluding carboxylic acids is 1. The first-order valence-corrected chi connectivity index (χ1v) is 6.45. The predicted molar refractivity (Wildman–Crippen MR) is 72.5 cm³/mol. The largest absolute Gasteiger partial charge is 0.434 e. The maximum Gasteiger partial charge on any atom is 0.387 e. The molecule has 4 nitrogen and oxygen atoms in total. The van der Waals surface area contributed by atoms with Crippen LogP contribution in [-0.4, -0.2) is 18.7 Å². The lowest BCUT2D eigenvalue weighted by Gasteiger charge is -2.06. The normalized spacial score (nSPS) is 10.9. The number of alkyl halides is 2. The summed E-state index contributed by atoms with van der Waals surface area (Å²) in [5, 5.41) is 5.49. The number of amides is 1. The van der Waals surface area contributed by atoms with Crippen LogP contribution in [0.1, 0.15) is 15.2 Å². The standard InChI is InChI=1S/C13H10F2N2O2S/c14-13(15)19-10-5-2-1-4-9(10)8-16-17-12(18)11-6-3-7-20-11/h1-8,13H,(H,17,18). The monoisotopic (exact) mass is 296 g/mol. The van der Waals surface area contributed by atoms with Gasteiger partial charge in [-0.1, -0.05) is 18.2 Å². The van der Waals surface area contributed by atoms with Gasteiger partial charge in [-0.2, -0.15) is 13.9 Å². The SMILES string of the molecule is O=C(NN=Cc1ccccc1OC(F)F)c1cccs1. The van der Waals surface area contributed by atoms with Crippen LogP contribution in [0.2, 0.25) is 0 Å². The molecule has 0 saturated heterocycles. The van der Waals surface area contributed by atoms with E-state index in [2.05, 4.69) is 15.3 Å². The average Bonchev–Trinajstić information content (AvgIpc) is 2.94. The fourth-order valence-electron chi connectivity index (χ4n) is 1.41. The molecule has 0 unspecified atom stereocenters. The van der Waals surface area contributed by atoms with E-state index in [9.17, 15) is 13.6 Å². The van der Waals surface area contributed by atoms with Gasteiger partial charge in [0.25, 0.3) is 5.91 Å². The van der Waals surface area contributed by atoms with Gasteiger partial charge in [-0.25, -0.2) is 5.43 Å². The molecule has 7 heteroatoms. The molecule has 20 heavy (non-hydrogen) atoms. The summed E-state index contributed by atoms with van der Waals surface area (Å²) in [7, 11) is 0. The fourth-order valence-corrected chi connectivity index (χ4v) is 2.03. The van der Waals surface area contributed by atoms with Gasteiger partial charge in [-0.05, 0) is 23.6 Å². The third kappa shape index (κ3) is 3.86. The van der Waals surface area contributed by atoms with Gasteiger partial charge in [-0.15, -0.1) is 11.3 Å². The fraction of sp³-hybridized carbons (Fsp3) is 0.0769. The van der Waals surface area contributed by atoms with E-state index in [0.717, 1.165) is 0 Å². The minimum absolute atomic E-state index is 0.00313. The second kappa shape index (κ2) is 6.76. The Labute approximate surface area is 117 Å². The van der Waals surface area contributed by atoms with E-state index in [0.29, 0.717) is 10.4 Å².